The zero-order valence-corrected chi connectivity index (χ0v) is 17.7. The molecule has 0 bridgehead atoms. The number of fused-ring (bicyclic) bond motifs is 1. The molecule has 1 atom stereocenters. The predicted molar refractivity (Wildman–Crippen MR) is 114 cm³/mol. The number of benzene rings is 3. The van der Waals surface area contributed by atoms with Gasteiger partial charge in [0.2, 0.25) is 11.7 Å². The van der Waals surface area contributed by atoms with Crippen molar-refractivity contribution in [2.75, 3.05) is 11.1 Å². The number of Topliss-reactive ketones (excluding diaryl/α,β-unsaturated/α-hetero) is 1. The summed E-state index contributed by atoms with van der Waals surface area (Å²) in [5, 5.41) is 2.68. The van der Waals surface area contributed by atoms with Crippen LogP contribution in [0.5, 0.6) is 0 Å². The fraction of sp³-hybridized carbons (Fsp3) is 0.167. The maximum absolute atomic E-state index is 13.8. The second-order valence-corrected chi connectivity index (χ2v) is 8.52. The molecule has 4 rings (SSSR count). The highest BCUT2D eigenvalue weighted by atomic mass is 32.2. The third kappa shape index (κ3) is 4.50. The van der Waals surface area contributed by atoms with Crippen LogP contribution in [-0.4, -0.2) is 17.4 Å². The summed E-state index contributed by atoms with van der Waals surface area (Å²) in [6.45, 7) is 0. The largest absolute Gasteiger partial charge is 0.325 e. The quantitative estimate of drug-likeness (QED) is 0.222. The van der Waals surface area contributed by atoms with Crippen molar-refractivity contribution in [3.05, 3.63) is 94.3 Å². The van der Waals surface area contributed by atoms with E-state index in [4.69, 9.17) is 0 Å². The van der Waals surface area contributed by atoms with E-state index in [9.17, 15) is 31.5 Å². The van der Waals surface area contributed by atoms with Gasteiger partial charge in [-0.1, -0.05) is 30.3 Å². The Labute approximate surface area is 190 Å². The van der Waals surface area contributed by atoms with E-state index >= 15 is 0 Å². The first kappa shape index (κ1) is 23.0. The van der Waals surface area contributed by atoms with Gasteiger partial charge in [-0.25, -0.2) is 22.0 Å². The van der Waals surface area contributed by atoms with Gasteiger partial charge in [0.05, 0.1) is 0 Å². The Balaban J connectivity index is 1.41. The summed E-state index contributed by atoms with van der Waals surface area (Å²) in [7, 11) is 0. The second-order valence-electron chi connectivity index (χ2n) is 7.46. The highest BCUT2D eigenvalue weighted by Gasteiger charge is 2.33. The molecular formula is C24H16F5NO2S. The van der Waals surface area contributed by atoms with Gasteiger partial charge in [-0.15, -0.1) is 11.8 Å². The number of rotatable bonds is 5. The van der Waals surface area contributed by atoms with Gasteiger partial charge >= 0.3 is 0 Å². The molecule has 170 valence electrons. The summed E-state index contributed by atoms with van der Waals surface area (Å²) >= 11 is 1.43. The molecule has 0 saturated heterocycles. The molecule has 0 saturated carbocycles. The van der Waals surface area contributed by atoms with Crippen LogP contribution < -0.4 is 5.32 Å². The van der Waals surface area contributed by atoms with Gasteiger partial charge in [0, 0.05) is 27.5 Å². The molecule has 1 amide bonds. The maximum atomic E-state index is 13.8. The van der Waals surface area contributed by atoms with Crippen LogP contribution in [0.3, 0.4) is 0 Å². The van der Waals surface area contributed by atoms with Crippen molar-refractivity contribution in [2.45, 2.75) is 17.7 Å². The van der Waals surface area contributed by atoms with Gasteiger partial charge in [-0.3, -0.25) is 9.59 Å². The van der Waals surface area contributed by atoms with Crippen molar-refractivity contribution < 1.29 is 31.5 Å². The summed E-state index contributed by atoms with van der Waals surface area (Å²) < 4.78 is 67.5. The van der Waals surface area contributed by atoms with E-state index in [0.717, 1.165) is 4.90 Å². The molecule has 1 unspecified atom stereocenters. The molecule has 1 heterocycles. The number of nitrogens with one attached hydrogen (secondary N) is 1. The average molecular weight is 477 g/mol. The minimum atomic E-state index is -2.19. The SMILES string of the molecule is O=C(Nc1ccc(CCc2c(F)c(F)c(F)c(F)c2F)cc1)C1CSc2ccccc2C1=O. The minimum Gasteiger partial charge on any atom is -0.325 e. The first-order valence-corrected chi connectivity index (χ1v) is 10.9. The van der Waals surface area contributed by atoms with Gasteiger partial charge < -0.3 is 5.32 Å². The Hall–Kier alpha value is -3.20. The van der Waals surface area contributed by atoms with E-state index < -0.39 is 52.9 Å². The van der Waals surface area contributed by atoms with Crippen molar-refractivity contribution in [1.29, 1.82) is 0 Å². The molecule has 0 spiro atoms. The van der Waals surface area contributed by atoms with Crippen LogP contribution in [0, 0.1) is 35.0 Å². The second kappa shape index (κ2) is 9.35. The first-order chi connectivity index (χ1) is 15.8. The zero-order valence-electron chi connectivity index (χ0n) is 16.9. The van der Waals surface area contributed by atoms with Crippen LogP contribution in [-0.2, 0) is 17.6 Å². The third-order valence-electron chi connectivity index (χ3n) is 5.38. The molecule has 3 nitrogen and oxygen atoms in total. The molecule has 1 N–H and O–H groups in total. The predicted octanol–water partition coefficient (Wildman–Crippen LogP) is 5.71. The Kier molecular flexibility index (Phi) is 6.51. The Bertz CT molecular complexity index is 1220. The maximum Gasteiger partial charge on any atom is 0.236 e. The van der Waals surface area contributed by atoms with Crippen molar-refractivity contribution >= 4 is 29.1 Å². The smallest absolute Gasteiger partial charge is 0.236 e. The molecule has 0 radical (unpaired) electrons. The summed E-state index contributed by atoms with van der Waals surface area (Å²) in [5.74, 6) is -11.0. The van der Waals surface area contributed by atoms with Gasteiger partial charge in [-0.2, -0.15) is 0 Å². The lowest BCUT2D eigenvalue weighted by Crippen LogP contribution is -2.34. The van der Waals surface area contributed by atoms with Crippen LogP contribution in [0.4, 0.5) is 27.6 Å². The molecular weight excluding hydrogens is 461 g/mol. The molecule has 9 heteroatoms. The zero-order chi connectivity index (χ0) is 23.7. The molecule has 1 aliphatic heterocycles. The van der Waals surface area contributed by atoms with Crippen molar-refractivity contribution in [3.63, 3.8) is 0 Å². The summed E-state index contributed by atoms with van der Waals surface area (Å²) in [5.41, 5.74) is 0.613. The molecule has 3 aromatic carbocycles. The minimum absolute atomic E-state index is 0.0150. The molecule has 3 aromatic rings. The van der Waals surface area contributed by atoms with E-state index in [1.54, 1.807) is 36.4 Å². The third-order valence-corrected chi connectivity index (χ3v) is 6.54. The fourth-order valence-electron chi connectivity index (χ4n) is 3.55. The van der Waals surface area contributed by atoms with E-state index in [2.05, 4.69) is 5.32 Å². The van der Waals surface area contributed by atoms with Gasteiger partial charge in [-0.05, 0) is 36.6 Å². The summed E-state index contributed by atoms with van der Waals surface area (Å²) in [6.07, 6.45) is -0.383. The Morgan fingerprint density at radius 1 is 0.848 bits per heavy atom. The molecule has 0 fully saturated rings. The number of anilines is 1. The lowest BCUT2D eigenvalue weighted by atomic mass is 9.97. The summed E-state index contributed by atoms with van der Waals surface area (Å²) in [6, 6.07) is 13.3. The topological polar surface area (TPSA) is 46.2 Å². The number of thioether (sulfide) groups is 1. The lowest BCUT2D eigenvalue weighted by Gasteiger charge is -2.22. The number of carbonyl (C=O) groups is 2. The monoisotopic (exact) mass is 477 g/mol. The number of hydrogen-bond acceptors (Lipinski definition) is 3. The number of ketones is 1. The van der Waals surface area contributed by atoms with Crippen LogP contribution in [0.25, 0.3) is 0 Å². The normalized spacial score (nSPS) is 15.3. The Morgan fingerprint density at radius 2 is 1.45 bits per heavy atom. The Morgan fingerprint density at radius 3 is 2.12 bits per heavy atom. The standard InChI is InChI=1S/C24H16F5NO2S/c25-18-15(19(26)21(28)22(29)20(18)27)10-7-12-5-8-13(9-6-12)30-24(32)16-11-33-17-4-2-1-3-14(17)23(16)31/h1-6,8-9,16H,7,10-11H2,(H,30,32). The highest BCUT2D eigenvalue weighted by molar-refractivity contribution is 7.99. The average Bonchev–Trinajstić information content (AvgIpc) is 2.83. The summed E-state index contributed by atoms with van der Waals surface area (Å²) in [4.78, 5) is 26.1. The van der Waals surface area contributed by atoms with Gasteiger partial charge in [0.1, 0.15) is 5.92 Å². The number of hydrogen-bond donors (Lipinski definition) is 1. The van der Waals surface area contributed by atoms with E-state index in [-0.39, 0.29) is 12.2 Å². The number of aryl methyl sites for hydroxylation is 1. The number of carbonyl (C=O) groups excluding carboxylic acids is 2. The van der Waals surface area contributed by atoms with E-state index in [0.29, 0.717) is 22.6 Å². The van der Waals surface area contributed by atoms with Crippen molar-refractivity contribution in [3.8, 4) is 0 Å². The van der Waals surface area contributed by atoms with Gasteiger partial charge in [0.15, 0.2) is 29.1 Å². The van der Waals surface area contributed by atoms with E-state index in [1.165, 1.54) is 11.8 Å². The number of amides is 1. The van der Waals surface area contributed by atoms with Crippen LogP contribution in [0.1, 0.15) is 21.5 Å². The van der Waals surface area contributed by atoms with Crippen LogP contribution >= 0.6 is 11.8 Å². The lowest BCUT2D eigenvalue weighted by molar-refractivity contribution is -0.118. The molecule has 0 aliphatic carbocycles. The first-order valence-electron chi connectivity index (χ1n) is 9.94. The number of halogens is 5. The van der Waals surface area contributed by atoms with Crippen LogP contribution in [0.2, 0.25) is 0 Å². The van der Waals surface area contributed by atoms with Crippen molar-refractivity contribution in [2.24, 2.45) is 5.92 Å². The molecule has 0 aromatic heterocycles. The fourth-order valence-corrected chi connectivity index (χ4v) is 4.70. The molecule has 1 aliphatic rings. The van der Waals surface area contributed by atoms with E-state index in [1.807, 2.05) is 12.1 Å². The van der Waals surface area contributed by atoms with Crippen LogP contribution in [0.15, 0.2) is 53.4 Å². The molecule has 33 heavy (non-hydrogen) atoms. The van der Waals surface area contributed by atoms with Gasteiger partial charge in [0.25, 0.3) is 0 Å². The highest BCUT2D eigenvalue weighted by Crippen LogP contribution is 2.33. The van der Waals surface area contributed by atoms with Crippen molar-refractivity contribution in [1.82, 2.24) is 0 Å².